The summed E-state index contributed by atoms with van der Waals surface area (Å²) in [5.74, 6) is 0.176. The average Bonchev–Trinajstić information content (AvgIpc) is 3.41. The van der Waals surface area contributed by atoms with E-state index in [-0.39, 0.29) is 24.4 Å². The Balaban J connectivity index is 1.63. The predicted octanol–water partition coefficient (Wildman–Crippen LogP) is 3.82. The SMILES string of the molecule is CCOC(=O)c1cnn(-c2nc(OC)c3c(n2)c(C2CC2)nn3[C@@H](C)c2ccc(F)cc2)c1. The Labute approximate surface area is 189 Å². The molecule has 0 amide bonds. The number of hydrogen-bond acceptors (Lipinski definition) is 7. The maximum absolute atomic E-state index is 13.4. The number of esters is 1. The van der Waals surface area contributed by atoms with E-state index < -0.39 is 5.97 Å². The summed E-state index contributed by atoms with van der Waals surface area (Å²) in [6, 6.07) is 6.16. The maximum Gasteiger partial charge on any atom is 0.341 e. The maximum atomic E-state index is 13.4. The summed E-state index contributed by atoms with van der Waals surface area (Å²) >= 11 is 0. The van der Waals surface area contributed by atoms with Crippen LogP contribution in [-0.2, 0) is 4.74 Å². The standard InChI is InChI=1S/C23H23FN6O3/c1-4-33-22(31)16-11-25-29(12-16)23-26-19-18(15-5-6-15)28-30(20(19)21(27-23)32-3)13(2)14-7-9-17(24)10-8-14/h7-13,15H,4-6H2,1-3H3/t13-/m0/s1. The molecule has 3 heterocycles. The Morgan fingerprint density at radius 1 is 1.24 bits per heavy atom. The summed E-state index contributed by atoms with van der Waals surface area (Å²) < 4.78 is 27.4. The third-order valence-electron chi connectivity index (χ3n) is 5.70. The highest BCUT2D eigenvalue weighted by molar-refractivity contribution is 5.89. The number of halogens is 1. The molecule has 0 aliphatic heterocycles. The second-order valence-corrected chi connectivity index (χ2v) is 7.96. The minimum absolute atomic E-state index is 0.191. The molecular weight excluding hydrogens is 427 g/mol. The van der Waals surface area contributed by atoms with E-state index in [9.17, 15) is 9.18 Å². The molecule has 0 radical (unpaired) electrons. The van der Waals surface area contributed by atoms with Crippen molar-refractivity contribution < 1.29 is 18.7 Å². The van der Waals surface area contributed by atoms with E-state index in [0.717, 1.165) is 24.1 Å². The lowest BCUT2D eigenvalue weighted by molar-refractivity contribution is 0.0526. The average molecular weight is 450 g/mol. The molecule has 0 unspecified atom stereocenters. The Morgan fingerprint density at radius 3 is 2.67 bits per heavy atom. The summed E-state index contributed by atoms with van der Waals surface area (Å²) in [4.78, 5) is 21.3. The summed E-state index contributed by atoms with van der Waals surface area (Å²) in [6.45, 7) is 4.01. The quantitative estimate of drug-likeness (QED) is 0.395. The lowest BCUT2D eigenvalue weighted by atomic mass is 10.1. The number of rotatable bonds is 7. The molecule has 33 heavy (non-hydrogen) atoms. The van der Waals surface area contributed by atoms with Gasteiger partial charge in [-0.05, 0) is 44.4 Å². The molecule has 0 saturated heterocycles. The van der Waals surface area contributed by atoms with Crippen molar-refractivity contribution in [3.8, 4) is 11.8 Å². The first-order chi connectivity index (χ1) is 16.0. The first kappa shape index (κ1) is 21.0. The summed E-state index contributed by atoms with van der Waals surface area (Å²) in [7, 11) is 1.54. The summed E-state index contributed by atoms with van der Waals surface area (Å²) in [5.41, 5.74) is 3.43. The first-order valence-corrected chi connectivity index (χ1v) is 10.8. The highest BCUT2D eigenvalue weighted by Crippen LogP contribution is 2.44. The molecule has 0 N–H and O–H groups in total. The number of hydrogen-bond donors (Lipinski definition) is 0. The van der Waals surface area contributed by atoms with Crippen LogP contribution >= 0.6 is 0 Å². The van der Waals surface area contributed by atoms with Crippen molar-refractivity contribution in [2.45, 2.75) is 38.6 Å². The van der Waals surface area contributed by atoms with Crippen LogP contribution < -0.4 is 4.74 Å². The molecule has 1 aromatic carbocycles. The fraction of sp³-hybridized carbons (Fsp3) is 0.348. The summed E-state index contributed by atoms with van der Waals surface area (Å²) in [5, 5.41) is 9.12. The monoisotopic (exact) mass is 450 g/mol. The van der Waals surface area contributed by atoms with Crippen LogP contribution in [0.25, 0.3) is 17.0 Å². The molecule has 0 bridgehead atoms. The zero-order valence-electron chi connectivity index (χ0n) is 18.5. The van der Waals surface area contributed by atoms with Gasteiger partial charge in [0.15, 0.2) is 0 Å². The zero-order chi connectivity index (χ0) is 23.1. The highest BCUT2D eigenvalue weighted by Gasteiger charge is 2.33. The van der Waals surface area contributed by atoms with Gasteiger partial charge in [0, 0.05) is 12.1 Å². The van der Waals surface area contributed by atoms with E-state index in [2.05, 4.69) is 10.1 Å². The second-order valence-electron chi connectivity index (χ2n) is 7.96. The summed E-state index contributed by atoms with van der Waals surface area (Å²) in [6.07, 6.45) is 5.02. The molecule has 5 rings (SSSR count). The zero-order valence-corrected chi connectivity index (χ0v) is 18.5. The van der Waals surface area contributed by atoms with Gasteiger partial charge in [0.1, 0.15) is 16.9 Å². The molecule has 1 atom stereocenters. The van der Waals surface area contributed by atoms with Crippen molar-refractivity contribution >= 4 is 17.0 Å². The van der Waals surface area contributed by atoms with Crippen molar-refractivity contribution in [3.63, 3.8) is 0 Å². The molecule has 9 nitrogen and oxygen atoms in total. The molecule has 10 heteroatoms. The number of aromatic nitrogens is 6. The van der Waals surface area contributed by atoms with Gasteiger partial charge in [-0.1, -0.05) is 12.1 Å². The van der Waals surface area contributed by atoms with Gasteiger partial charge >= 0.3 is 5.97 Å². The van der Waals surface area contributed by atoms with Gasteiger partial charge in [-0.3, -0.25) is 4.68 Å². The van der Waals surface area contributed by atoms with Crippen LogP contribution in [0.3, 0.4) is 0 Å². The molecular formula is C23H23FN6O3. The Morgan fingerprint density at radius 2 is 2.00 bits per heavy atom. The smallest absolute Gasteiger partial charge is 0.341 e. The molecule has 1 fully saturated rings. The molecule has 4 aromatic rings. The van der Waals surface area contributed by atoms with Crippen LogP contribution in [0.5, 0.6) is 5.88 Å². The van der Waals surface area contributed by atoms with Gasteiger partial charge in [-0.2, -0.15) is 15.2 Å². The molecule has 170 valence electrons. The van der Waals surface area contributed by atoms with Crippen molar-refractivity contribution in [3.05, 3.63) is 59.3 Å². The van der Waals surface area contributed by atoms with Gasteiger partial charge in [0.25, 0.3) is 5.95 Å². The third-order valence-corrected chi connectivity index (χ3v) is 5.70. The Hall–Kier alpha value is -3.82. The van der Waals surface area contributed by atoms with E-state index in [1.807, 2.05) is 11.6 Å². The Bertz CT molecular complexity index is 1330. The second kappa shape index (κ2) is 8.27. The van der Waals surface area contributed by atoms with Gasteiger partial charge in [0.2, 0.25) is 5.88 Å². The van der Waals surface area contributed by atoms with Crippen LogP contribution in [0.15, 0.2) is 36.7 Å². The van der Waals surface area contributed by atoms with Crippen LogP contribution in [0.2, 0.25) is 0 Å². The minimum Gasteiger partial charge on any atom is -0.479 e. The van der Waals surface area contributed by atoms with Gasteiger partial charge in [-0.15, -0.1) is 0 Å². The number of nitrogens with zero attached hydrogens (tertiary/aromatic N) is 6. The fourth-order valence-corrected chi connectivity index (χ4v) is 3.81. The molecule has 1 aliphatic rings. The van der Waals surface area contributed by atoms with E-state index in [1.54, 1.807) is 19.1 Å². The van der Waals surface area contributed by atoms with Crippen molar-refractivity contribution in [2.24, 2.45) is 0 Å². The Kier molecular flexibility index (Phi) is 5.27. The normalized spacial score (nSPS) is 14.4. The number of fused-ring (bicyclic) bond motifs is 1. The van der Waals surface area contributed by atoms with E-state index >= 15 is 0 Å². The van der Waals surface area contributed by atoms with Crippen LogP contribution in [0.1, 0.15) is 60.3 Å². The first-order valence-electron chi connectivity index (χ1n) is 10.8. The lowest BCUT2D eigenvalue weighted by Gasteiger charge is -2.15. The van der Waals surface area contributed by atoms with E-state index in [4.69, 9.17) is 19.6 Å². The van der Waals surface area contributed by atoms with Gasteiger partial charge in [-0.25, -0.2) is 18.9 Å². The highest BCUT2D eigenvalue weighted by atomic mass is 19.1. The van der Waals surface area contributed by atoms with E-state index in [0.29, 0.717) is 28.4 Å². The number of ether oxygens (including phenoxy) is 2. The predicted molar refractivity (Wildman–Crippen MR) is 117 cm³/mol. The lowest BCUT2D eigenvalue weighted by Crippen LogP contribution is -2.11. The van der Waals surface area contributed by atoms with E-state index in [1.165, 1.54) is 36.3 Å². The van der Waals surface area contributed by atoms with Crippen LogP contribution in [0, 0.1) is 5.82 Å². The van der Waals surface area contributed by atoms with Crippen molar-refractivity contribution in [1.29, 1.82) is 0 Å². The number of benzene rings is 1. The topological polar surface area (TPSA) is 96.9 Å². The molecule has 1 saturated carbocycles. The van der Waals surface area contributed by atoms with Gasteiger partial charge < -0.3 is 9.47 Å². The number of carbonyl (C=O) groups is 1. The molecule has 1 aliphatic carbocycles. The van der Waals surface area contributed by atoms with Crippen LogP contribution in [0.4, 0.5) is 4.39 Å². The largest absolute Gasteiger partial charge is 0.479 e. The van der Waals surface area contributed by atoms with Crippen molar-refractivity contribution in [1.82, 2.24) is 29.5 Å². The van der Waals surface area contributed by atoms with Crippen molar-refractivity contribution in [2.75, 3.05) is 13.7 Å². The fourth-order valence-electron chi connectivity index (χ4n) is 3.81. The minimum atomic E-state index is -0.462. The molecule has 0 spiro atoms. The number of carbonyl (C=O) groups excluding carboxylic acids is 1. The van der Waals surface area contributed by atoms with Gasteiger partial charge in [0.05, 0.1) is 37.2 Å². The van der Waals surface area contributed by atoms with Crippen LogP contribution in [-0.4, -0.2) is 49.2 Å². The molecule has 3 aromatic heterocycles. The number of methoxy groups -OCH3 is 1. The third kappa shape index (κ3) is 3.81.